The van der Waals surface area contributed by atoms with Crippen LogP contribution in [-0.4, -0.2) is 11.1 Å². The minimum atomic E-state index is -0.713. The Balaban J connectivity index is 3.22. The molecule has 0 bridgehead atoms. The molecule has 1 N–H and O–H groups in total. The third-order valence-electron chi connectivity index (χ3n) is 1.67. The first-order chi connectivity index (χ1) is 6.13. The molecule has 13 heavy (non-hydrogen) atoms. The van der Waals surface area contributed by atoms with Crippen LogP contribution in [0.25, 0.3) is 0 Å². The first-order valence-corrected chi connectivity index (χ1v) is 4.64. The van der Waals surface area contributed by atoms with Gasteiger partial charge in [-0.1, -0.05) is 17.7 Å². The molecular formula is C11H18O2. The van der Waals surface area contributed by atoms with Gasteiger partial charge < -0.3 is 5.11 Å². The summed E-state index contributed by atoms with van der Waals surface area (Å²) in [5, 5.41) is 8.35. The SMILES string of the molecule is C=C(C)CC/C=C/CCCC(=O)O. The highest BCUT2D eigenvalue weighted by Crippen LogP contribution is 2.03. The molecule has 0 rings (SSSR count). The normalized spacial score (nSPS) is 10.5. The zero-order valence-electron chi connectivity index (χ0n) is 8.25. The summed E-state index contributed by atoms with van der Waals surface area (Å²) in [6, 6.07) is 0. The van der Waals surface area contributed by atoms with Gasteiger partial charge in [-0.25, -0.2) is 0 Å². The number of aliphatic carboxylic acids is 1. The van der Waals surface area contributed by atoms with Crippen LogP contribution < -0.4 is 0 Å². The lowest BCUT2D eigenvalue weighted by molar-refractivity contribution is -0.137. The molecule has 0 fully saturated rings. The van der Waals surface area contributed by atoms with E-state index >= 15 is 0 Å². The molecule has 74 valence electrons. The van der Waals surface area contributed by atoms with Crippen LogP contribution in [-0.2, 0) is 4.79 Å². The van der Waals surface area contributed by atoms with Crippen LogP contribution >= 0.6 is 0 Å². The fraction of sp³-hybridized carbons (Fsp3) is 0.545. The number of carbonyl (C=O) groups is 1. The highest BCUT2D eigenvalue weighted by atomic mass is 16.4. The van der Waals surface area contributed by atoms with Crippen LogP contribution in [0, 0.1) is 0 Å². The maximum Gasteiger partial charge on any atom is 0.303 e. The monoisotopic (exact) mass is 182 g/mol. The highest BCUT2D eigenvalue weighted by molar-refractivity contribution is 5.66. The summed E-state index contributed by atoms with van der Waals surface area (Å²) >= 11 is 0. The summed E-state index contributed by atoms with van der Waals surface area (Å²) in [6.45, 7) is 5.81. The summed E-state index contributed by atoms with van der Waals surface area (Å²) in [4.78, 5) is 10.1. The zero-order valence-corrected chi connectivity index (χ0v) is 8.25. The Kier molecular flexibility index (Phi) is 6.98. The van der Waals surface area contributed by atoms with Crippen LogP contribution in [0.5, 0.6) is 0 Å². The Hall–Kier alpha value is -1.05. The van der Waals surface area contributed by atoms with E-state index in [1.807, 2.05) is 13.0 Å². The number of allylic oxidation sites excluding steroid dienone is 3. The molecule has 0 aliphatic rings. The van der Waals surface area contributed by atoms with Crippen molar-refractivity contribution in [1.82, 2.24) is 0 Å². The number of hydrogen-bond donors (Lipinski definition) is 1. The molecule has 0 aromatic heterocycles. The van der Waals surface area contributed by atoms with Crippen LogP contribution in [0.1, 0.15) is 39.0 Å². The average Bonchev–Trinajstić information content (AvgIpc) is 2.01. The van der Waals surface area contributed by atoms with Crippen molar-refractivity contribution in [3.63, 3.8) is 0 Å². The summed E-state index contributed by atoms with van der Waals surface area (Å²) in [7, 11) is 0. The maximum absolute atomic E-state index is 10.1. The number of unbranched alkanes of at least 4 members (excludes halogenated alkanes) is 1. The van der Waals surface area contributed by atoms with Crippen molar-refractivity contribution in [2.75, 3.05) is 0 Å². The minimum Gasteiger partial charge on any atom is -0.481 e. The molecule has 0 spiro atoms. The molecule has 2 nitrogen and oxygen atoms in total. The molecule has 0 aromatic rings. The largest absolute Gasteiger partial charge is 0.481 e. The highest BCUT2D eigenvalue weighted by Gasteiger charge is 1.92. The zero-order chi connectivity index (χ0) is 10.1. The van der Waals surface area contributed by atoms with Gasteiger partial charge in [0.15, 0.2) is 0 Å². The van der Waals surface area contributed by atoms with Gasteiger partial charge in [-0.05, 0) is 32.6 Å². The van der Waals surface area contributed by atoms with Crippen molar-refractivity contribution in [2.45, 2.75) is 39.0 Å². The molecule has 0 unspecified atom stereocenters. The molecule has 0 saturated heterocycles. The standard InChI is InChI=1S/C11H18O2/c1-10(2)8-6-4-3-5-7-9-11(12)13/h3-4H,1,5-9H2,2H3,(H,12,13)/b4-3+. The predicted octanol–water partition coefficient (Wildman–Crippen LogP) is 3.15. The van der Waals surface area contributed by atoms with E-state index in [0.717, 1.165) is 25.7 Å². The van der Waals surface area contributed by atoms with E-state index < -0.39 is 5.97 Å². The van der Waals surface area contributed by atoms with Gasteiger partial charge in [0.25, 0.3) is 0 Å². The molecule has 0 heterocycles. The van der Waals surface area contributed by atoms with Gasteiger partial charge in [-0.3, -0.25) is 4.79 Å². The maximum atomic E-state index is 10.1. The Bertz CT molecular complexity index is 192. The van der Waals surface area contributed by atoms with Crippen molar-refractivity contribution in [1.29, 1.82) is 0 Å². The van der Waals surface area contributed by atoms with Crippen LogP contribution in [0.2, 0.25) is 0 Å². The van der Waals surface area contributed by atoms with Crippen LogP contribution in [0.4, 0.5) is 0 Å². The van der Waals surface area contributed by atoms with E-state index in [-0.39, 0.29) is 6.42 Å². The fourth-order valence-electron chi connectivity index (χ4n) is 0.937. The number of rotatable bonds is 7. The van der Waals surface area contributed by atoms with Gasteiger partial charge in [0.05, 0.1) is 0 Å². The quantitative estimate of drug-likeness (QED) is 0.485. The Morgan fingerprint density at radius 1 is 1.31 bits per heavy atom. The molecule has 0 atom stereocenters. The van der Waals surface area contributed by atoms with E-state index in [1.54, 1.807) is 0 Å². The van der Waals surface area contributed by atoms with Crippen molar-refractivity contribution in [3.8, 4) is 0 Å². The smallest absolute Gasteiger partial charge is 0.303 e. The van der Waals surface area contributed by atoms with Crippen LogP contribution in [0.3, 0.4) is 0 Å². The van der Waals surface area contributed by atoms with E-state index in [2.05, 4.69) is 12.7 Å². The number of carboxylic acid groups (broad SMARTS) is 1. The van der Waals surface area contributed by atoms with Crippen molar-refractivity contribution in [2.24, 2.45) is 0 Å². The lowest BCUT2D eigenvalue weighted by atomic mass is 10.1. The molecule has 0 aliphatic heterocycles. The molecule has 0 amide bonds. The molecule has 0 saturated carbocycles. The molecule has 0 radical (unpaired) electrons. The van der Waals surface area contributed by atoms with E-state index in [1.165, 1.54) is 5.57 Å². The molecule has 0 aromatic carbocycles. The minimum absolute atomic E-state index is 0.269. The summed E-state index contributed by atoms with van der Waals surface area (Å²) in [5.41, 5.74) is 1.19. The second kappa shape index (κ2) is 7.59. The second-order valence-corrected chi connectivity index (χ2v) is 3.25. The second-order valence-electron chi connectivity index (χ2n) is 3.25. The first-order valence-electron chi connectivity index (χ1n) is 4.64. The number of carboxylic acids is 1. The van der Waals surface area contributed by atoms with Gasteiger partial charge in [0.1, 0.15) is 0 Å². The average molecular weight is 182 g/mol. The molecule has 0 aliphatic carbocycles. The third kappa shape index (κ3) is 10.9. The third-order valence-corrected chi connectivity index (χ3v) is 1.67. The van der Waals surface area contributed by atoms with Crippen molar-refractivity contribution >= 4 is 5.97 Å². The van der Waals surface area contributed by atoms with Gasteiger partial charge in [-0.15, -0.1) is 6.58 Å². The first kappa shape index (κ1) is 11.9. The van der Waals surface area contributed by atoms with Crippen molar-refractivity contribution < 1.29 is 9.90 Å². The van der Waals surface area contributed by atoms with Crippen LogP contribution in [0.15, 0.2) is 24.3 Å². The molecular weight excluding hydrogens is 164 g/mol. The molecule has 2 heteroatoms. The van der Waals surface area contributed by atoms with E-state index in [9.17, 15) is 4.79 Å². The Morgan fingerprint density at radius 2 is 1.92 bits per heavy atom. The van der Waals surface area contributed by atoms with Gasteiger partial charge in [0.2, 0.25) is 0 Å². The summed E-state index contributed by atoms with van der Waals surface area (Å²) < 4.78 is 0. The summed E-state index contributed by atoms with van der Waals surface area (Å²) in [6.07, 6.45) is 8.05. The Morgan fingerprint density at radius 3 is 2.46 bits per heavy atom. The summed E-state index contributed by atoms with van der Waals surface area (Å²) in [5.74, 6) is -0.713. The van der Waals surface area contributed by atoms with Gasteiger partial charge >= 0.3 is 5.97 Å². The lowest BCUT2D eigenvalue weighted by Crippen LogP contribution is -1.92. The predicted molar refractivity (Wildman–Crippen MR) is 54.7 cm³/mol. The van der Waals surface area contributed by atoms with Crippen molar-refractivity contribution in [3.05, 3.63) is 24.3 Å². The Labute approximate surface area is 80.0 Å². The lowest BCUT2D eigenvalue weighted by Gasteiger charge is -1.93. The topological polar surface area (TPSA) is 37.3 Å². The fourth-order valence-corrected chi connectivity index (χ4v) is 0.937. The van der Waals surface area contributed by atoms with Gasteiger partial charge in [0, 0.05) is 6.42 Å². The van der Waals surface area contributed by atoms with E-state index in [0.29, 0.717) is 0 Å². The van der Waals surface area contributed by atoms with E-state index in [4.69, 9.17) is 5.11 Å². The number of hydrogen-bond acceptors (Lipinski definition) is 1. The van der Waals surface area contributed by atoms with Gasteiger partial charge in [-0.2, -0.15) is 0 Å².